The normalized spacial score (nSPS) is 13.2. The molecule has 0 bridgehead atoms. The first-order valence-corrected chi connectivity index (χ1v) is 12.3. The van der Waals surface area contributed by atoms with Crippen molar-refractivity contribution in [3.05, 3.63) is 45.4 Å². The van der Waals surface area contributed by atoms with Crippen LogP contribution >= 0.6 is 27.3 Å². The minimum atomic E-state index is -4.46. The Hall–Kier alpha value is -2.34. The number of carbonyl (C=O) groups is 2. The Morgan fingerprint density at radius 1 is 1.06 bits per heavy atom. The van der Waals surface area contributed by atoms with Crippen molar-refractivity contribution in [3.8, 4) is 0 Å². The van der Waals surface area contributed by atoms with Gasteiger partial charge < -0.3 is 14.8 Å². The molecule has 0 radical (unpaired) electrons. The van der Waals surface area contributed by atoms with Crippen LogP contribution in [0.1, 0.15) is 52.7 Å². The minimum Gasteiger partial charge on any atom is -0.444 e. The van der Waals surface area contributed by atoms with Crippen LogP contribution in [0.15, 0.2) is 34.2 Å². The maximum Gasteiger partial charge on any atom is 0.416 e. The van der Waals surface area contributed by atoms with Crippen LogP contribution < -0.4 is 10.2 Å². The maximum absolute atomic E-state index is 13.0. The van der Waals surface area contributed by atoms with Crippen LogP contribution in [0.2, 0.25) is 0 Å². The topological polar surface area (TPSA) is 80.8 Å². The number of thiazole rings is 1. The van der Waals surface area contributed by atoms with Gasteiger partial charge in [-0.05, 0) is 81.6 Å². The molecule has 2 aromatic rings. The number of amides is 2. The van der Waals surface area contributed by atoms with Gasteiger partial charge in [0.2, 0.25) is 0 Å². The summed E-state index contributed by atoms with van der Waals surface area (Å²) in [5, 5.41) is 3.05. The fourth-order valence-corrected chi connectivity index (χ4v) is 4.07. The van der Waals surface area contributed by atoms with Gasteiger partial charge in [0.25, 0.3) is 0 Å². The minimum absolute atomic E-state index is 0.0604. The average molecular weight is 580 g/mol. The van der Waals surface area contributed by atoms with Crippen molar-refractivity contribution in [2.45, 2.75) is 71.4 Å². The van der Waals surface area contributed by atoms with Crippen LogP contribution in [0.3, 0.4) is 0 Å². The van der Waals surface area contributed by atoms with E-state index in [1.807, 2.05) is 0 Å². The number of anilines is 1. The third-order valence-electron chi connectivity index (χ3n) is 4.20. The maximum atomic E-state index is 13.0. The zero-order chi connectivity index (χ0) is 26.6. The summed E-state index contributed by atoms with van der Waals surface area (Å²) in [5.74, 6) is 0. The van der Waals surface area contributed by atoms with Crippen LogP contribution in [0.4, 0.5) is 27.9 Å². The zero-order valence-electron chi connectivity index (χ0n) is 20.3. The Morgan fingerprint density at radius 2 is 1.63 bits per heavy atom. The van der Waals surface area contributed by atoms with Crippen LogP contribution in [-0.4, -0.2) is 41.0 Å². The number of hydrogen-bond donors (Lipinski definition) is 1. The van der Waals surface area contributed by atoms with Gasteiger partial charge in [0, 0.05) is 0 Å². The van der Waals surface area contributed by atoms with Gasteiger partial charge >= 0.3 is 18.4 Å². The summed E-state index contributed by atoms with van der Waals surface area (Å²) >= 11 is 4.52. The highest BCUT2D eigenvalue weighted by atomic mass is 79.9. The van der Waals surface area contributed by atoms with Crippen molar-refractivity contribution >= 4 is 44.6 Å². The molecule has 1 aromatic carbocycles. The molecule has 7 nitrogen and oxygen atoms in total. The van der Waals surface area contributed by atoms with E-state index in [0.29, 0.717) is 14.5 Å². The number of rotatable bonds is 6. The van der Waals surface area contributed by atoms with Gasteiger partial charge in [-0.15, -0.1) is 0 Å². The summed E-state index contributed by atoms with van der Waals surface area (Å²) in [4.78, 5) is 31.1. The Bertz CT molecular complexity index is 1010. The van der Waals surface area contributed by atoms with Gasteiger partial charge in [0.1, 0.15) is 11.2 Å². The highest BCUT2D eigenvalue weighted by Crippen LogP contribution is 2.30. The molecular formula is C23H29BrF3N3O4S. The van der Waals surface area contributed by atoms with E-state index in [0.717, 1.165) is 12.1 Å². The van der Waals surface area contributed by atoms with Gasteiger partial charge in [-0.1, -0.05) is 23.5 Å². The second kappa shape index (κ2) is 11.2. The lowest BCUT2D eigenvalue weighted by Gasteiger charge is -2.30. The van der Waals surface area contributed by atoms with Crippen molar-refractivity contribution < 1.29 is 32.2 Å². The number of nitrogens with zero attached hydrogens (tertiary/aromatic N) is 2. The quantitative estimate of drug-likeness (QED) is 0.407. The Kier molecular flexibility index (Phi) is 9.21. The van der Waals surface area contributed by atoms with Gasteiger partial charge in [-0.3, -0.25) is 4.90 Å². The van der Waals surface area contributed by atoms with E-state index in [9.17, 15) is 22.8 Å². The molecule has 1 heterocycles. The molecule has 12 heteroatoms. The number of alkyl halides is 3. The van der Waals surface area contributed by atoms with E-state index >= 15 is 0 Å². The van der Waals surface area contributed by atoms with Crippen molar-refractivity contribution in [2.75, 3.05) is 11.4 Å². The van der Waals surface area contributed by atoms with Crippen LogP contribution in [0, 0.1) is 0 Å². The van der Waals surface area contributed by atoms with E-state index in [4.69, 9.17) is 9.47 Å². The van der Waals surface area contributed by atoms with E-state index in [2.05, 4.69) is 26.2 Å². The highest BCUT2D eigenvalue weighted by molar-refractivity contribution is 9.11. The predicted molar refractivity (Wildman–Crippen MR) is 132 cm³/mol. The molecule has 0 aliphatic carbocycles. The molecule has 0 aliphatic rings. The summed E-state index contributed by atoms with van der Waals surface area (Å²) in [6, 6.07) is 3.90. The van der Waals surface area contributed by atoms with Crippen molar-refractivity contribution in [2.24, 2.45) is 0 Å². The van der Waals surface area contributed by atoms with E-state index in [1.54, 1.807) is 41.5 Å². The number of alkyl carbamates (subject to hydrolysis) is 1. The number of nitrogens with one attached hydrogen (secondary N) is 1. The van der Waals surface area contributed by atoms with E-state index in [1.165, 1.54) is 34.6 Å². The SMILES string of the molecule is CC(C)(C)OC(=O)NC(Cc1ccc(C(F)(F)F)cc1)CN(C(=O)OC(C)(C)C)c1ncc(Br)s1. The van der Waals surface area contributed by atoms with Gasteiger partial charge in [-0.25, -0.2) is 14.6 Å². The summed E-state index contributed by atoms with van der Waals surface area (Å²) in [7, 11) is 0. The summed E-state index contributed by atoms with van der Waals surface area (Å²) in [5.41, 5.74) is -1.80. The molecule has 2 rings (SSSR count). The largest absolute Gasteiger partial charge is 0.444 e. The Labute approximate surface area is 215 Å². The second-order valence-corrected chi connectivity index (χ2v) is 12.2. The van der Waals surface area contributed by atoms with Gasteiger partial charge in [-0.2, -0.15) is 13.2 Å². The molecule has 1 aromatic heterocycles. The lowest BCUT2D eigenvalue weighted by molar-refractivity contribution is -0.137. The summed E-state index contributed by atoms with van der Waals surface area (Å²) in [6.07, 6.45) is -4.20. The Balaban J connectivity index is 2.34. The third kappa shape index (κ3) is 10.0. The van der Waals surface area contributed by atoms with Crippen LogP contribution in [0.25, 0.3) is 0 Å². The average Bonchev–Trinajstić information content (AvgIpc) is 3.08. The van der Waals surface area contributed by atoms with Gasteiger partial charge in [0.15, 0.2) is 5.13 Å². The van der Waals surface area contributed by atoms with Crippen molar-refractivity contribution in [1.82, 2.24) is 10.3 Å². The lowest BCUT2D eigenvalue weighted by atomic mass is 10.0. The smallest absolute Gasteiger partial charge is 0.416 e. The molecule has 1 atom stereocenters. The molecule has 1 N–H and O–H groups in total. The zero-order valence-corrected chi connectivity index (χ0v) is 22.7. The van der Waals surface area contributed by atoms with Gasteiger partial charge in [0.05, 0.1) is 28.1 Å². The predicted octanol–water partition coefficient (Wildman–Crippen LogP) is 6.80. The highest BCUT2D eigenvalue weighted by Gasteiger charge is 2.31. The monoisotopic (exact) mass is 579 g/mol. The molecule has 0 spiro atoms. The fraction of sp³-hybridized carbons (Fsp3) is 0.522. The molecule has 1 unspecified atom stereocenters. The molecule has 0 aliphatic heterocycles. The van der Waals surface area contributed by atoms with Crippen molar-refractivity contribution in [1.29, 1.82) is 0 Å². The second-order valence-electron chi connectivity index (χ2n) is 9.78. The van der Waals surface area contributed by atoms with E-state index in [-0.39, 0.29) is 13.0 Å². The molecule has 0 saturated heterocycles. The first-order valence-electron chi connectivity index (χ1n) is 10.7. The van der Waals surface area contributed by atoms with Crippen LogP contribution in [0.5, 0.6) is 0 Å². The number of benzene rings is 1. The molecule has 2 amide bonds. The lowest BCUT2D eigenvalue weighted by Crippen LogP contribution is -2.49. The van der Waals surface area contributed by atoms with Crippen molar-refractivity contribution in [3.63, 3.8) is 0 Å². The number of hydrogen-bond acceptors (Lipinski definition) is 6. The Morgan fingerprint density at radius 3 is 2.09 bits per heavy atom. The third-order valence-corrected chi connectivity index (χ3v) is 5.70. The number of ether oxygens (including phenoxy) is 2. The molecule has 0 fully saturated rings. The number of halogens is 4. The summed E-state index contributed by atoms with van der Waals surface area (Å²) in [6.45, 7) is 10.2. The standard InChI is InChI=1S/C23H29BrF3N3O4S/c1-21(2,3)33-19(31)29-16(11-14-7-9-15(10-8-14)23(25,26)27)13-30(18-28-12-17(24)35-18)20(32)34-22(4,5)6/h7-10,12,16H,11,13H2,1-6H3,(H,29,31). The summed E-state index contributed by atoms with van der Waals surface area (Å²) < 4.78 is 50.4. The van der Waals surface area contributed by atoms with E-state index < -0.39 is 41.2 Å². The number of aromatic nitrogens is 1. The number of carbonyl (C=O) groups excluding carboxylic acids is 2. The molecule has 35 heavy (non-hydrogen) atoms. The molecule has 194 valence electrons. The fourth-order valence-electron chi connectivity index (χ4n) is 2.89. The first kappa shape index (κ1) is 28.9. The molecular weight excluding hydrogens is 551 g/mol. The van der Waals surface area contributed by atoms with Crippen LogP contribution in [-0.2, 0) is 22.1 Å². The first-order chi connectivity index (χ1) is 15.9. The molecule has 0 saturated carbocycles.